The molecule has 1 amide bonds. The van der Waals surface area contributed by atoms with Crippen molar-refractivity contribution in [3.05, 3.63) is 60.2 Å². The topological polar surface area (TPSA) is 49.3 Å². The second kappa shape index (κ2) is 7.12. The zero-order chi connectivity index (χ0) is 13.5. The summed E-state index contributed by atoms with van der Waals surface area (Å²) in [6.45, 7) is 0.0416. The first-order valence-electron chi connectivity index (χ1n) is 6.07. The van der Waals surface area contributed by atoms with Crippen molar-refractivity contribution in [1.29, 1.82) is 0 Å². The van der Waals surface area contributed by atoms with Crippen molar-refractivity contribution in [2.24, 2.45) is 0 Å². The molecule has 0 spiro atoms. The summed E-state index contributed by atoms with van der Waals surface area (Å²) >= 11 is -0.555. The van der Waals surface area contributed by atoms with Crippen LogP contribution >= 0.6 is 0 Å². The predicted octanol–water partition coefficient (Wildman–Crippen LogP) is 1.30. The molecule has 0 radical (unpaired) electrons. The quantitative estimate of drug-likeness (QED) is 0.817. The Hall–Kier alpha value is -1.57. The van der Waals surface area contributed by atoms with E-state index in [2.05, 4.69) is 5.32 Å². The molecule has 2 N–H and O–H groups in total. The van der Waals surface area contributed by atoms with Gasteiger partial charge in [-0.2, -0.15) is 0 Å². The Labute approximate surface area is 119 Å². The van der Waals surface area contributed by atoms with E-state index in [-0.39, 0.29) is 12.5 Å². The standard InChI is InChI=1S/C15H16AsNO2/c18-11-12-6-4-5-9-14(12)16-10-15(19)17-13-7-2-1-3-8-13/h1-9,16,18H,10-11H2,(H,17,19). The third-order valence-corrected chi connectivity index (χ3v) is 5.55. The summed E-state index contributed by atoms with van der Waals surface area (Å²) in [6.07, 6.45) is 0. The predicted molar refractivity (Wildman–Crippen MR) is 79.0 cm³/mol. The first-order chi connectivity index (χ1) is 9.29. The summed E-state index contributed by atoms with van der Waals surface area (Å²) in [5.41, 5.74) is 1.77. The molecule has 0 saturated carbocycles. The molecule has 98 valence electrons. The van der Waals surface area contributed by atoms with Crippen LogP contribution in [0.4, 0.5) is 5.69 Å². The Morgan fingerprint density at radius 2 is 1.74 bits per heavy atom. The van der Waals surface area contributed by atoms with Crippen molar-refractivity contribution in [2.45, 2.75) is 11.8 Å². The molecule has 1 unspecified atom stereocenters. The molecule has 4 heteroatoms. The molecule has 0 heterocycles. The van der Waals surface area contributed by atoms with Gasteiger partial charge < -0.3 is 0 Å². The average molecular weight is 317 g/mol. The Kier molecular flexibility index (Phi) is 5.19. The normalized spacial score (nSPS) is 10.8. The van der Waals surface area contributed by atoms with Gasteiger partial charge in [-0.1, -0.05) is 0 Å². The average Bonchev–Trinajstić information content (AvgIpc) is 2.46. The molecule has 0 bridgehead atoms. The Balaban J connectivity index is 1.90. The van der Waals surface area contributed by atoms with Gasteiger partial charge in [-0.3, -0.25) is 0 Å². The van der Waals surface area contributed by atoms with Gasteiger partial charge in [-0.05, 0) is 0 Å². The zero-order valence-electron chi connectivity index (χ0n) is 10.5. The van der Waals surface area contributed by atoms with E-state index >= 15 is 0 Å². The number of carbonyl (C=O) groups excluding carboxylic acids is 1. The van der Waals surface area contributed by atoms with E-state index < -0.39 is 15.8 Å². The van der Waals surface area contributed by atoms with E-state index in [1.165, 1.54) is 0 Å². The second-order valence-corrected chi connectivity index (χ2v) is 6.70. The van der Waals surface area contributed by atoms with Gasteiger partial charge in [-0.15, -0.1) is 0 Å². The third-order valence-electron chi connectivity index (χ3n) is 2.68. The number of amides is 1. The summed E-state index contributed by atoms with van der Waals surface area (Å²) < 4.78 is 1.15. The third kappa shape index (κ3) is 4.23. The molecule has 2 rings (SSSR count). The first kappa shape index (κ1) is 13.9. The van der Waals surface area contributed by atoms with Crippen molar-refractivity contribution in [1.82, 2.24) is 0 Å². The van der Waals surface area contributed by atoms with Crippen molar-refractivity contribution < 1.29 is 9.90 Å². The summed E-state index contributed by atoms with van der Waals surface area (Å²) in [5, 5.41) is 12.7. The van der Waals surface area contributed by atoms with E-state index in [0.29, 0.717) is 5.21 Å². The van der Waals surface area contributed by atoms with Crippen LogP contribution in [0.2, 0.25) is 5.21 Å². The monoisotopic (exact) mass is 317 g/mol. The molecule has 0 saturated heterocycles. The SMILES string of the molecule is O=C(C[AsH]c1ccccc1CO)Nc1ccccc1. The van der Waals surface area contributed by atoms with E-state index in [4.69, 9.17) is 0 Å². The number of hydrogen-bond donors (Lipinski definition) is 2. The fourth-order valence-electron chi connectivity index (χ4n) is 1.73. The molecule has 0 aliphatic heterocycles. The number of benzene rings is 2. The number of nitrogens with one attached hydrogen (secondary N) is 1. The second-order valence-electron chi connectivity index (χ2n) is 4.08. The van der Waals surface area contributed by atoms with Gasteiger partial charge in [0.1, 0.15) is 0 Å². The van der Waals surface area contributed by atoms with E-state index in [1.807, 2.05) is 54.6 Å². The molecule has 1 atom stereocenters. The Morgan fingerprint density at radius 3 is 2.47 bits per heavy atom. The van der Waals surface area contributed by atoms with E-state index in [0.717, 1.165) is 15.6 Å². The van der Waals surface area contributed by atoms with Crippen LogP contribution in [0, 0.1) is 0 Å². The fraction of sp³-hybridized carbons (Fsp3) is 0.133. The van der Waals surface area contributed by atoms with Gasteiger partial charge in [0, 0.05) is 0 Å². The van der Waals surface area contributed by atoms with Crippen LogP contribution in [0.25, 0.3) is 0 Å². The van der Waals surface area contributed by atoms with Crippen LogP contribution < -0.4 is 9.67 Å². The van der Waals surface area contributed by atoms with Gasteiger partial charge in [0.15, 0.2) is 0 Å². The van der Waals surface area contributed by atoms with Crippen LogP contribution in [0.1, 0.15) is 5.56 Å². The zero-order valence-corrected chi connectivity index (χ0v) is 12.6. The maximum absolute atomic E-state index is 11.8. The first-order valence-corrected chi connectivity index (χ1v) is 8.60. The van der Waals surface area contributed by atoms with Gasteiger partial charge in [-0.25, -0.2) is 0 Å². The number of para-hydroxylation sites is 1. The van der Waals surface area contributed by atoms with Gasteiger partial charge in [0.25, 0.3) is 0 Å². The molecular formula is C15H16AsNO2. The van der Waals surface area contributed by atoms with Crippen molar-refractivity contribution in [3.63, 3.8) is 0 Å². The minimum absolute atomic E-state index is 0.0407. The summed E-state index contributed by atoms with van der Waals surface area (Å²) in [5.74, 6) is 0.0407. The molecule has 0 aliphatic carbocycles. The fourth-order valence-corrected chi connectivity index (χ4v) is 3.92. The molecule has 0 fully saturated rings. The Bertz CT molecular complexity index is 543. The number of aliphatic hydroxyl groups excluding tert-OH is 1. The number of anilines is 1. The molecule has 19 heavy (non-hydrogen) atoms. The van der Waals surface area contributed by atoms with Gasteiger partial charge in [0.05, 0.1) is 0 Å². The molecular weight excluding hydrogens is 301 g/mol. The van der Waals surface area contributed by atoms with E-state index in [9.17, 15) is 9.90 Å². The number of aliphatic hydroxyl groups is 1. The minimum atomic E-state index is -0.555. The number of rotatable bonds is 5. The van der Waals surface area contributed by atoms with Crippen LogP contribution in [0.5, 0.6) is 0 Å². The molecule has 0 aliphatic rings. The van der Waals surface area contributed by atoms with Crippen molar-refractivity contribution >= 4 is 31.7 Å². The Morgan fingerprint density at radius 1 is 1.05 bits per heavy atom. The summed E-state index contributed by atoms with van der Waals surface area (Å²) in [7, 11) is 0. The number of carbonyl (C=O) groups is 1. The van der Waals surface area contributed by atoms with Crippen molar-refractivity contribution in [2.75, 3.05) is 5.32 Å². The van der Waals surface area contributed by atoms with Crippen LogP contribution in [-0.4, -0.2) is 26.8 Å². The van der Waals surface area contributed by atoms with Gasteiger partial charge >= 0.3 is 119 Å². The molecule has 2 aromatic carbocycles. The van der Waals surface area contributed by atoms with Crippen LogP contribution in [-0.2, 0) is 11.4 Å². The molecule has 2 aromatic rings. The van der Waals surface area contributed by atoms with Crippen LogP contribution in [0.3, 0.4) is 0 Å². The number of hydrogen-bond acceptors (Lipinski definition) is 2. The van der Waals surface area contributed by atoms with Gasteiger partial charge in [0.2, 0.25) is 0 Å². The molecule has 3 nitrogen and oxygen atoms in total. The summed E-state index contributed by atoms with van der Waals surface area (Å²) in [6, 6.07) is 17.2. The van der Waals surface area contributed by atoms with Crippen LogP contribution in [0.15, 0.2) is 54.6 Å². The summed E-state index contributed by atoms with van der Waals surface area (Å²) in [4.78, 5) is 11.8. The molecule has 0 aromatic heterocycles. The van der Waals surface area contributed by atoms with Crippen molar-refractivity contribution in [3.8, 4) is 0 Å². The van der Waals surface area contributed by atoms with E-state index in [1.54, 1.807) is 0 Å². The maximum atomic E-state index is 11.8.